The standard InChI is InChI=1S/C14H21N3O3/c1-8-9(2)16-17(3)14(20)12(8)13(19)15-10-6-4-5-7-11(10)18/h10-11,18H,4-7H2,1-3H3,(H,15,19). The summed E-state index contributed by atoms with van der Waals surface area (Å²) in [5.41, 5.74) is 0.964. The van der Waals surface area contributed by atoms with E-state index in [0.29, 0.717) is 17.7 Å². The summed E-state index contributed by atoms with van der Waals surface area (Å²) >= 11 is 0. The van der Waals surface area contributed by atoms with Gasteiger partial charge in [0.25, 0.3) is 11.5 Å². The van der Waals surface area contributed by atoms with Crippen LogP contribution in [0.2, 0.25) is 0 Å². The van der Waals surface area contributed by atoms with Gasteiger partial charge < -0.3 is 10.4 Å². The highest BCUT2D eigenvalue weighted by atomic mass is 16.3. The first-order valence-electron chi connectivity index (χ1n) is 6.95. The van der Waals surface area contributed by atoms with Crippen LogP contribution in [0.4, 0.5) is 0 Å². The molecule has 1 saturated carbocycles. The van der Waals surface area contributed by atoms with Gasteiger partial charge in [0.15, 0.2) is 0 Å². The summed E-state index contributed by atoms with van der Waals surface area (Å²) in [5, 5.41) is 16.7. The van der Waals surface area contributed by atoms with Crippen molar-refractivity contribution in [2.75, 3.05) is 0 Å². The van der Waals surface area contributed by atoms with Crippen LogP contribution < -0.4 is 10.9 Å². The third-order valence-electron chi connectivity index (χ3n) is 4.00. The number of aliphatic hydroxyl groups is 1. The van der Waals surface area contributed by atoms with Crippen molar-refractivity contribution in [1.82, 2.24) is 15.1 Å². The van der Waals surface area contributed by atoms with Gasteiger partial charge >= 0.3 is 0 Å². The van der Waals surface area contributed by atoms with Gasteiger partial charge in [0.2, 0.25) is 0 Å². The van der Waals surface area contributed by atoms with Gasteiger partial charge in [0, 0.05) is 7.05 Å². The minimum atomic E-state index is -0.528. The summed E-state index contributed by atoms with van der Waals surface area (Å²) in [7, 11) is 1.53. The number of aromatic nitrogens is 2. The van der Waals surface area contributed by atoms with Crippen molar-refractivity contribution in [1.29, 1.82) is 0 Å². The predicted molar refractivity (Wildman–Crippen MR) is 74.7 cm³/mol. The first-order valence-corrected chi connectivity index (χ1v) is 6.95. The lowest BCUT2D eigenvalue weighted by Gasteiger charge is -2.28. The second kappa shape index (κ2) is 5.75. The van der Waals surface area contributed by atoms with E-state index >= 15 is 0 Å². The highest BCUT2D eigenvalue weighted by molar-refractivity contribution is 5.95. The number of hydrogen-bond donors (Lipinski definition) is 2. The molecule has 110 valence electrons. The molecule has 2 N–H and O–H groups in total. The Morgan fingerprint density at radius 1 is 1.35 bits per heavy atom. The van der Waals surface area contributed by atoms with E-state index in [-0.39, 0.29) is 11.6 Å². The molecule has 0 spiro atoms. The van der Waals surface area contributed by atoms with Crippen molar-refractivity contribution in [2.45, 2.75) is 51.7 Å². The number of amides is 1. The van der Waals surface area contributed by atoms with E-state index < -0.39 is 17.6 Å². The Bertz CT molecular complexity index is 580. The Labute approximate surface area is 117 Å². The fourth-order valence-electron chi connectivity index (χ4n) is 2.64. The third-order valence-corrected chi connectivity index (χ3v) is 4.00. The summed E-state index contributed by atoms with van der Waals surface area (Å²) in [6, 6.07) is -0.270. The van der Waals surface area contributed by atoms with E-state index in [0.717, 1.165) is 19.3 Å². The van der Waals surface area contributed by atoms with Crippen molar-refractivity contribution >= 4 is 5.91 Å². The Hall–Kier alpha value is -1.69. The number of nitrogens with one attached hydrogen (secondary N) is 1. The predicted octanol–water partition coefficient (Wildman–Crippen LogP) is 0.430. The van der Waals surface area contributed by atoms with Crippen LogP contribution in [-0.2, 0) is 7.05 Å². The second-order valence-corrected chi connectivity index (χ2v) is 5.45. The number of carbonyl (C=O) groups excluding carboxylic acids is 1. The second-order valence-electron chi connectivity index (χ2n) is 5.45. The molecule has 2 rings (SSSR count). The number of rotatable bonds is 2. The van der Waals surface area contributed by atoms with E-state index in [1.807, 2.05) is 0 Å². The highest BCUT2D eigenvalue weighted by Gasteiger charge is 2.27. The lowest BCUT2D eigenvalue weighted by atomic mass is 9.92. The maximum atomic E-state index is 12.3. The molecule has 20 heavy (non-hydrogen) atoms. The van der Waals surface area contributed by atoms with Crippen molar-refractivity contribution in [3.05, 3.63) is 27.2 Å². The molecule has 1 fully saturated rings. The van der Waals surface area contributed by atoms with Gasteiger partial charge in [-0.25, -0.2) is 4.68 Å². The van der Waals surface area contributed by atoms with Crippen LogP contribution in [0.1, 0.15) is 47.3 Å². The normalized spacial score (nSPS) is 22.6. The van der Waals surface area contributed by atoms with Gasteiger partial charge in [-0.15, -0.1) is 0 Å². The van der Waals surface area contributed by atoms with Crippen LogP contribution in [0.3, 0.4) is 0 Å². The molecule has 0 aromatic carbocycles. The molecule has 1 amide bonds. The van der Waals surface area contributed by atoms with Crippen LogP contribution in [0.15, 0.2) is 4.79 Å². The molecule has 1 aromatic heterocycles. The van der Waals surface area contributed by atoms with Crippen LogP contribution in [0, 0.1) is 13.8 Å². The fourth-order valence-corrected chi connectivity index (χ4v) is 2.64. The van der Waals surface area contributed by atoms with Gasteiger partial charge in [-0.3, -0.25) is 9.59 Å². The lowest BCUT2D eigenvalue weighted by molar-refractivity contribution is 0.0715. The molecule has 6 nitrogen and oxygen atoms in total. The Morgan fingerprint density at radius 3 is 2.65 bits per heavy atom. The number of aliphatic hydroxyl groups excluding tert-OH is 1. The number of nitrogens with zero attached hydrogens (tertiary/aromatic N) is 2. The molecule has 6 heteroatoms. The van der Waals surface area contributed by atoms with Gasteiger partial charge in [-0.1, -0.05) is 12.8 Å². The van der Waals surface area contributed by atoms with E-state index in [1.54, 1.807) is 13.8 Å². The van der Waals surface area contributed by atoms with Crippen molar-refractivity contribution < 1.29 is 9.90 Å². The van der Waals surface area contributed by atoms with E-state index in [2.05, 4.69) is 10.4 Å². The van der Waals surface area contributed by atoms with Gasteiger partial charge in [0.1, 0.15) is 5.56 Å². The monoisotopic (exact) mass is 279 g/mol. The molecule has 1 aromatic rings. The smallest absolute Gasteiger partial charge is 0.279 e. The van der Waals surface area contributed by atoms with Crippen molar-refractivity contribution in [2.24, 2.45) is 7.05 Å². The Kier molecular flexibility index (Phi) is 4.23. The minimum Gasteiger partial charge on any atom is -0.391 e. The number of aryl methyl sites for hydroxylation is 2. The largest absolute Gasteiger partial charge is 0.391 e. The summed E-state index contributed by atoms with van der Waals surface area (Å²) in [4.78, 5) is 24.4. The first kappa shape index (κ1) is 14.7. The summed E-state index contributed by atoms with van der Waals surface area (Å²) in [6.07, 6.45) is 2.87. The zero-order chi connectivity index (χ0) is 14.9. The molecule has 2 unspecified atom stereocenters. The van der Waals surface area contributed by atoms with Gasteiger partial charge in [-0.2, -0.15) is 5.10 Å². The number of hydrogen-bond acceptors (Lipinski definition) is 4. The number of carbonyl (C=O) groups is 1. The summed E-state index contributed by atoms with van der Waals surface area (Å²) < 4.78 is 1.18. The highest BCUT2D eigenvalue weighted by Crippen LogP contribution is 2.19. The Balaban J connectivity index is 2.28. The molecule has 1 aliphatic carbocycles. The zero-order valence-corrected chi connectivity index (χ0v) is 12.1. The van der Waals surface area contributed by atoms with Crippen LogP contribution in [-0.4, -0.2) is 32.9 Å². The molecule has 0 saturated heterocycles. The quantitative estimate of drug-likeness (QED) is 0.822. The maximum Gasteiger partial charge on any atom is 0.279 e. The summed E-state index contributed by atoms with van der Waals surface area (Å²) in [5.74, 6) is -0.417. The average molecular weight is 279 g/mol. The molecular weight excluding hydrogens is 258 g/mol. The molecule has 0 bridgehead atoms. The zero-order valence-electron chi connectivity index (χ0n) is 12.1. The molecule has 1 heterocycles. The van der Waals surface area contributed by atoms with Crippen molar-refractivity contribution in [3.8, 4) is 0 Å². The van der Waals surface area contributed by atoms with Crippen molar-refractivity contribution in [3.63, 3.8) is 0 Å². The maximum absolute atomic E-state index is 12.3. The Morgan fingerprint density at radius 2 is 2.00 bits per heavy atom. The molecule has 0 aliphatic heterocycles. The van der Waals surface area contributed by atoms with Crippen LogP contribution in [0.5, 0.6) is 0 Å². The topological polar surface area (TPSA) is 84.2 Å². The van der Waals surface area contributed by atoms with Crippen LogP contribution >= 0.6 is 0 Å². The minimum absolute atomic E-state index is 0.123. The third kappa shape index (κ3) is 2.75. The van der Waals surface area contributed by atoms with Gasteiger partial charge in [-0.05, 0) is 32.3 Å². The van der Waals surface area contributed by atoms with E-state index in [4.69, 9.17) is 0 Å². The van der Waals surface area contributed by atoms with E-state index in [9.17, 15) is 14.7 Å². The fraction of sp³-hybridized carbons (Fsp3) is 0.643. The summed E-state index contributed by atoms with van der Waals surface area (Å²) in [6.45, 7) is 3.48. The SMILES string of the molecule is Cc1nn(C)c(=O)c(C(=O)NC2CCCCC2O)c1C. The molecule has 2 atom stereocenters. The average Bonchev–Trinajstić information content (AvgIpc) is 2.39. The molecule has 0 radical (unpaired) electrons. The van der Waals surface area contributed by atoms with Gasteiger partial charge in [0.05, 0.1) is 17.8 Å². The molecule has 1 aliphatic rings. The van der Waals surface area contributed by atoms with E-state index in [1.165, 1.54) is 11.7 Å². The first-order chi connectivity index (χ1) is 9.41. The van der Waals surface area contributed by atoms with Crippen LogP contribution in [0.25, 0.3) is 0 Å². The molecular formula is C14H21N3O3. The lowest BCUT2D eigenvalue weighted by Crippen LogP contribution is -2.47.